The molecule has 2 saturated heterocycles. The summed E-state index contributed by atoms with van der Waals surface area (Å²) >= 11 is 0. The van der Waals surface area contributed by atoms with Gasteiger partial charge in [-0.1, -0.05) is 27.7 Å². The minimum Gasteiger partial charge on any atom is -0.391 e. The lowest BCUT2D eigenvalue weighted by Crippen LogP contribution is -2.40. The Morgan fingerprint density at radius 1 is 0.973 bits per heavy atom. The van der Waals surface area contributed by atoms with Crippen molar-refractivity contribution in [3.8, 4) is 6.07 Å². The summed E-state index contributed by atoms with van der Waals surface area (Å²) in [4.78, 5) is 27.3. The zero-order chi connectivity index (χ0) is 28.1. The summed E-state index contributed by atoms with van der Waals surface area (Å²) in [6.07, 6.45) is 4.44. The zero-order valence-electron chi connectivity index (χ0n) is 24.4. The highest BCUT2D eigenvalue weighted by Crippen LogP contribution is 2.49. The van der Waals surface area contributed by atoms with Crippen LogP contribution in [0.4, 0.5) is 0 Å². The first-order valence-electron chi connectivity index (χ1n) is 14.1. The zero-order valence-corrected chi connectivity index (χ0v) is 25.2. The van der Waals surface area contributed by atoms with Crippen LogP contribution in [0.5, 0.6) is 0 Å². The van der Waals surface area contributed by atoms with E-state index in [1.165, 1.54) is 0 Å². The summed E-state index contributed by atoms with van der Waals surface area (Å²) in [5.74, 6) is 0.357. The van der Waals surface area contributed by atoms with Gasteiger partial charge in [0.15, 0.2) is 0 Å². The molecule has 0 aliphatic carbocycles. The molecule has 214 valence electrons. The Morgan fingerprint density at radius 2 is 1.49 bits per heavy atom. The average molecular weight is 543 g/mol. The molecule has 0 radical (unpaired) electrons. The van der Waals surface area contributed by atoms with Crippen LogP contribution >= 0.6 is 8.53 Å². The van der Waals surface area contributed by atoms with E-state index in [-0.39, 0.29) is 48.2 Å². The normalized spacial score (nSPS) is 24.4. The minimum absolute atomic E-state index is 0.00584. The molecule has 5 atom stereocenters. The van der Waals surface area contributed by atoms with Crippen molar-refractivity contribution in [1.82, 2.24) is 14.5 Å². The Morgan fingerprint density at radius 3 is 1.95 bits per heavy atom. The van der Waals surface area contributed by atoms with Crippen LogP contribution in [0.2, 0.25) is 0 Å². The van der Waals surface area contributed by atoms with Gasteiger partial charge in [-0.05, 0) is 53.4 Å². The second-order valence-corrected chi connectivity index (χ2v) is 11.6. The smallest absolute Gasteiger partial charge is 0.259 e. The molecule has 0 aromatic carbocycles. The Kier molecular flexibility index (Phi) is 15.8. The van der Waals surface area contributed by atoms with Crippen LogP contribution in [-0.2, 0) is 18.6 Å². The van der Waals surface area contributed by atoms with E-state index in [1.807, 2.05) is 30.6 Å². The fourth-order valence-corrected chi connectivity index (χ4v) is 6.98. The van der Waals surface area contributed by atoms with E-state index in [4.69, 9.17) is 14.3 Å². The van der Waals surface area contributed by atoms with Crippen molar-refractivity contribution in [1.29, 1.82) is 5.26 Å². The van der Waals surface area contributed by atoms with Gasteiger partial charge in [-0.15, -0.1) is 0 Å². The number of aliphatic hydroxyl groups is 1. The summed E-state index contributed by atoms with van der Waals surface area (Å²) in [5, 5.41) is 18.3. The van der Waals surface area contributed by atoms with E-state index >= 15 is 0 Å². The molecule has 2 amide bonds. The van der Waals surface area contributed by atoms with Crippen LogP contribution in [0.1, 0.15) is 100 Å². The number of carbonyl (C=O) groups excluding carboxylic acids is 2. The van der Waals surface area contributed by atoms with E-state index in [0.717, 1.165) is 38.8 Å². The highest BCUT2D eigenvalue weighted by atomic mass is 31.2. The molecule has 1 unspecified atom stereocenters. The molecule has 9 nitrogen and oxygen atoms in total. The largest absolute Gasteiger partial charge is 0.391 e. The van der Waals surface area contributed by atoms with Gasteiger partial charge in [0.05, 0.1) is 43.4 Å². The van der Waals surface area contributed by atoms with Crippen LogP contribution < -0.4 is 0 Å². The molecular formula is C27H51N4O5P. The van der Waals surface area contributed by atoms with Crippen LogP contribution in [0.15, 0.2) is 0 Å². The van der Waals surface area contributed by atoms with Crippen LogP contribution in [0.3, 0.4) is 0 Å². The SMILES string of the molecule is CCC(=O)N1CC[C@H](O)[C@@H]1CC.CCC(=O)N1CC[C@H](OP(OCCC#N)N(C(C)C)C(C)C)[C@@H]1CC. The molecule has 10 heteroatoms. The van der Waals surface area contributed by atoms with E-state index in [2.05, 4.69) is 45.4 Å². The van der Waals surface area contributed by atoms with E-state index in [9.17, 15) is 14.7 Å². The third-order valence-electron chi connectivity index (χ3n) is 6.96. The third kappa shape index (κ3) is 9.75. The molecule has 0 aromatic rings. The molecule has 2 aliphatic heterocycles. The van der Waals surface area contributed by atoms with Crippen molar-refractivity contribution in [2.45, 2.75) is 137 Å². The summed E-state index contributed by atoms with van der Waals surface area (Å²) in [7, 11) is -1.26. The third-order valence-corrected chi connectivity index (χ3v) is 9.12. The molecule has 0 bridgehead atoms. The van der Waals surface area contributed by atoms with Gasteiger partial charge in [-0.3, -0.25) is 9.59 Å². The van der Waals surface area contributed by atoms with Crippen LogP contribution in [0.25, 0.3) is 0 Å². The number of likely N-dealkylation sites (tertiary alicyclic amines) is 2. The van der Waals surface area contributed by atoms with E-state index in [1.54, 1.807) is 0 Å². The van der Waals surface area contributed by atoms with Crippen molar-refractivity contribution >= 4 is 20.3 Å². The van der Waals surface area contributed by atoms with Gasteiger partial charge in [-0.2, -0.15) is 5.26 Å². The van der Waals surface area contributed by atoms with E-state index in [0.29, 0.717) is 25.9 Å². The first-order valence-corrected chi connectivity index (χ1v) is 15.2. The average Bonchev–Trinajstić information content (AvgIpc) is 3.45. The fraction of sp³-hybridized carbons (Fsp3) is 0.889. The number of rotatable bonds is 12. The number of carbonyl (C=O) groups is 2. The molecule has 2 heterocycles. The number of amides is 2. The second kappa shape index (κ2) is 17.3. The summed E-state index contributed by atoms with van der Waals surface area (Å²) in [6, 6.07) is 2.86. The lowest BCUT2D eigenvalue weighted by atomic mass is 10.1. The molecule has 2 fully saturated rings. The Hall–Kier alpha value is -1.30. The van der Waals surface area contributed by atoms with Gasteiger partial charge in [0.25, 0.3) is 8.53 Å². The van der Waals surface area contributed by atoms with Crippen molar-refractivity contribution in [3.05, 3.63) is 0 Å². The molecule has 1 N–H and O–H groups in total. The van der Waals surface area contributed by atoms with Gasteiger partial charge >= 0.3 is 0 Å². The van der Waals surface area contributed by atoms with Gasteiger partial charge in [0.1, 0.15) is 0 Å². The summed E-state index contributed by atoms with van der Waals surface area (Å²) < 4.78 is 14.7. The van der Waals surface area contributed by atoms with Gasteiger partial charge in [0.2, 0.25) is 11.8 Å². The maximum atomic E-state index is 12.2. The number of aliphatic hydroxyl groups excluding tert-OH is 1. The Bertz CT molecular complexity index is 724. The van der Waals surface area contributed by atoms with Crippen LogP contribution in [0, 0.1) is 11.3 Å². The summed E-state index contributed by atoms with van der Waals surface area (Å²) in [5.41, 5.74) is 0. The molecule has 2 aliphatic rings. The predicted octanol–water partition coefficient (Wildman–Crippen LogP) is 4.84. The van der Waals surface area contributed by atoms with Gasteiger partial charge in [0, 0.05) is 38.0 Å². The van der Waals surface area contributed by atoms with Gasteiger partial charge < -0.3 is 24.0 Å². The van der Waals surface area contributed by atoms with Crippen molar-refractivity contribution in [3.63, 3.8) is 0 Å². The molecule has 0 aromatic heterocycles. The summed E-state index contributed by atoms with van der Waals surface area (Å²) in [6.45, 7) is 18.2. The first kappa shape index (κ1) is 33.7. The van der Waals surface area contributed by atoms with Crippen LogP contribution in [-0.4, -0.2) is 87.5 Å². The highest BCUT2D eigenvalue weighted by molar-refractivity contribution is 7.44. The molecule has 0 saturated carbocycles. The monoisotopic (exact) mass is 542 g/mol. The predicted molar refractivity (Wildman–Crippen MR) is 147 cm³/mol. The van der Waals surface area contributed by atoms with Gasteiger partial charge in [-0.25, -0.2) is 4.67 Å². The topological polar surface area (TPSA) is 106 Å². The number of nitrogens with zero attached hydrogens (tertiary/aromatic N) is 4. The van der Waals surface area contributed by atoms with E-state index < -0.39 is 8.53 Å². The lowest BCUT2D eigenvalue weighted by molar-refractivity contribution is -0.133. The lowest BCUT2D eigenvalue weighted by Gasteiger charge is -2.38. The Labute approximate surface area is 226 Å². The quantitative estimate of drug-likeness (QED) is 0.278. The molecule has 0 spiro atoms. The molecule has 2 rings (SSSR count). The molecule has 37 heavy (non-hydrogen) atoms. The number of hydrogen-bond donors (Lipinski definition) is 1. The number of nitriles is 1. The fourth-order valence-electron chi connectivity index (χ4n) is 5.20. The molecular weight excluding hydrogens is 491 g/mol. The Balaban J connectivity index is 0.000000474. The second-order valence-electron chi connectivity index (χ2n) is 10.2. The minimum atomic E-state index is -1.26. The van der Waals surface area contributed by atoms with Crippen molar-refractivity contribution < 1.29 is 23.7 Å². The highest BCUT2D eigenvalue weighted by Gasteiger charge is 2.40. The van der Waals surface area contributed by atoms with Crippen molar-refractivity contribution in [2.75, 3.05) is 19.7 Å². The first-order chi connectivity index (χ1) is 17.6. The van der Waals surface area contributed by atoms with Crippen molar-refractivity contribution in [2.24, 2.45) is 0 Å². The standard InChI is InChI=1S/C18H34N3O3P.C9H17NO2/c1-7-16-17(10-12-20(16)18(22)8-2)24-25(23-13-9-11-19)21(14(3)4)15(5)6;1-3-7-8(11)5-6-10(7)9(12)4-2/h14-17H,7-10,12-13H2,1-6H3;7-8,11H,3-6H2,1-2H3/t16-,17-,25?;7-,8-/m00/s1. The number of hydrogen-bond acceptors (Lipinski definition) is 7. The maximum Gasteiger partial charge on any atom is 0.259 e. The maximum absolute atomic E-state index is 12.2.